The molecule has 0 aliphatic heterocycles. The SMILES string of the molecule is CCCN(CC)C(c1ccccc1Cl)C(C)N. The second kappa shape index (κ2) is 7.00. The van der Waals surface area contributed by atoms with Gasteiger partial charge in [0.25, 0.3) is 0 Å². The molecule has 2 unspecified atom stereocenters. The molecule has 0 aliphatic carbocycles. The summed E-state index contributed by atoms with van der Waals surface area (Å²) in [5.41, 5.74) is 7.28. The van der Waals surface area contributed by atoms with Crippen molar-refractivity contribution in [3.8, 4) is 0 Å². The molecule has 1 aromatic rings. The van der Waals surface area contributed by atoms with E-state index in [9.17, 15) is 0 Å². The van der Waals surface area contributed by atoms with Gasteiger partial charge in [0, 0.05) is 11.1 Å². The number of likely N-dealkylation sites (N-methyl/N-ethyl adjacent to an activating group) is 1. The van der Waals surface area contributed by atoms with E-state index in [2.05, 4.69) is 24.8 Å². The van der Waals surface area contributed by atoms with Crippen molar-refractivity contribution in [3.05, 3.63) is 34.9 Å². The molecule has 0 radical (unpaired) electrons. The van der Waals surface area contributed by atoms with Crippen LogP contribution >= 0.6 is 11.6 Å². The molecule has 0 aromatic heterocycles. The smallest absolute Gasteiger partial charge is 0.0511 e. The zero-order valence-electron chi connectivity index (χ0n) is 11.0. The third-order valence-electron chi connectivity index (χ3n) is 3.03. The summed E-state index contributed by atoms with van der Waals surface area (Å²) in [6.45, 7) is 8.45. The molecule has 3 heteroatoms. The van der Waals surface area contributed by atoms with Crippen LogP contribution in [-0.4, -0.2) is 24.0 Å². The number of hydrogen-bond donors (Lipinski definition) is 1. The van der Waals surface area contributed by atoms with Gasteiger partial charge in [0.15, 0.2) is 0 Å². The molecule has 2 nitrogen and oxygen atoms in total. The molecular formula is C14H23ClN2. The van der Waals surface area contributed by atoms with Crippen molar-refractivity contribution in [2.45, 2.75) is 39.3 Å². The van der Waals surface area contributed by atoms with E-state index in [1.807, 2.05) is 25.1 Å². The average molecular weight is 255 g/mol. The highest BCUT2D eigenvalue weighted by Crippen LogP contribution is 2.29. The zero-order valence-corrected chi connectivity index (χ0v) is 11.7. The van der Waals surface area contributed by atoms with Gasteiger partial charge in [-0.25, -0.2) is 0 Å². The maximum Gasteiger partial charge on any atom is 0.0511 e. The third-order valence-corrected chi connectivity index (χ3v) is 3.38. The van der Waals surface area contributed by atoms with E-state index in [4.69, 9.17) is 17.3 Å². The molecule has 0 heterocycles. The molecule has 0 bridgehead atoms. The summed E-state index contributed by atoms with van der Waals surface area (Å²) in [4.78, 5) is 2.39. The van der Waals surface area contributed by atoms with Gasteiger partial charge in [0.05, 0.1) is 6.04 Å². The third kappa shape index (κ3) is 3.70. The monoisotopic (exact) mass is 254 g/mol. The van der Waals surface area contributed by atoms with Gasteiger partial charge < -0.3 is 5.73 Å². The highest BCUT2D eigenvalue weighted by Gasteiger charge is 2.24. The molecule has 2 atom stereocenters. The van der Waals surface area contributed by atoms with Crippen molar-refractivity contribution in [3.63, 3.8) is 0 Å². The van der Waals surface area contributed by atoms with Crippen LogP contribution < -0.4 is 5.73 Å². The Kier molecular flexibility index (Phi) is 5.96. The van der Waals surface area contributed by atoms with Crippen LogP contribution in [0.5, 0.6) is 0 Å². The minimum absolute atomic E-state index is 0.0707. The van der Waals surface area contributed by atoms with Gasteiger partial charge in [0.1, 0.15) is 0 Å². The van der Waals surface area contributed by atoms with Crippen LogP contribution in [0.15, 0.2) is 24.3 Å². The summed E-state index contributed by atoms with van der Waals surface area (Å²) in [6.07, 6.45) is 1.13. The van der Waals surface area contributed by atoms with Gasteiger partial charge in [-0.05, 0) is 38.1 Å². The maximum atomic E-state index is 6.28. The molecule has 1 aromatic carbocycles. The summed E-state index contributed by atoms with van der Waals surface area (Å²) in [5, 5.41) is 0.810. The molecule has 1 rings (SSSR count). The Bertz CT molecular complexity index is 339. The number of halogens is 1. The highest BCUT2D eigenvalue weighted by atomic mass is 35.5. The van der Waals surface area contributed by atoms with Gasteiger partial charge in [0.2, 0.25) is 0 Å². The number of benzene rings is 1. The first-order valence-corrected chi connectivity index (χ1v) is 6.73. The lowest BCUT2D eigenvalue weighted by atomic mass is 9.99. The van der Waals surface area contributed by atoms with E-state index in [0.717, 1.165) is 30.1 Å². The fraction of sp³-hybridized carbons (Fsp3) is 0.571. The van der Waals surface area contributed by atoms with E-state index in [1.165, 1.54) is 0 Å². The molecule has 0 amide bonds. The van der Waals surface area contributed by atoms with Gasteiger partial charge in [-0.15, -0.1) is 0 Å². The van der Waals surface area contributed by atoms with Crippen molar-refractivity contribution < 1.29 is 0 Å². The summed E-state index contributed by atoms with van der Waals surface area (Å²) >= 11 is 6.28. The summed E-state index contributed by atoms with van der Waals surface area (Å²) in [5.74, 6) is 0. The Morgan fingerprint density at radius 2 is 1.94 bits per heavy atom. The number of nitrogens with zero attached hydrogens (tertiary/aromatic N) is 1. The highest BCUT2D eigenvalue weighted by molar-refractivity contribution is 6.31. The van der Waals surface area contributed by atoms with Crippen molar-refractivity contribution in [2.24, 2.45) is 5.73 Å². The fourth-order valence-electron chi connectivity index (χ4n) is 2.31. The molecule has 0 aliphatic rings. The lowest BCUT2D eigenvalue weighted by Gasteiger charge is -2.34. The lowest BCUT2D eigenvalue weighted by molar-refractivity contribution is 0.186. The van der Waals surface area contributed by atoms with Crippen LogP contribution in [-0.2, 0) is 0 Å². The van der Waals surface area contributed by atoms with Crippen LogP contribution in [0.4, 0.5) is 0 Å². The Hall–Kier alpha value is -0.570. The van der Waals surface area contributed by atoms with Gasteiger partial charge in [-0.1, -0.05) is 43.6 Å². The van der Waals surface area contributed by atoms with E-state index in [1.54, 1.807) is 0 Å². The Morgan fingerprint density at radius 1 is 1.29 bits per heavy atom. The normalized spacial score (nSPS) is 14.9. The Labute approximate surface area is 110 Å². The molecule has 0 saturated heterocycles. The van der Waals surface area contributed by atoms with Crippen LogP contribution in [0, 0.1) is 0 Å². The maximum absolute atomic E-state index is 6.28. The number of rotatable bonds is 6. The van der Waals surface area contributed by atoms with Crippen LogP contribution in [0.3, 0.4) is 0 Å². The number of nitrogens with two attached hydrogens (primary N) is 1. The second-order valence-corrected chi connectivity index (χ2v) is 4.86. The molecule has 96 valence electrons. The van der Waals surface area contributed by atoms with E-state index >= 15 is 0 Å². The number of hydrogen-bond acceptors (Lipinski definition) is 2. The van der Waals surface area contributed by atoms with E-state index in [-0.39, 0.29) is 12.1 Å². The van der Waals surface area contributed by atoms with Crippen molar-refractivity contribution in [2.75, 3.05) is 13.1 Å². The van der Waals surface area contributed by atoms with Crippen LogP contribution in [0.2, 0.25) is 5.02 Å². The minimum Gasteiger partial charge on any atom is -0.326 e. The molecule has 0 fully saturated rings. The lowest BCUT2D eigenvalue weighted by Crippen LogP contribution is -2.40. The summed E-state index contributed by atoms with van der Waals surface area (Å²) < 4.78 is 0. The van der Waals surface area contributed by atoms with Gasteiger partial charge in [-0.3, -0.25) is 4.90 Å². The van der Waals surface area contributed by atoms with Crippen molar-refractivity contribution in [1.82, 2.24) is 4.90 Å². The van der Waals surface area contributed by atoms with E-state index in [0.29, 0.717) is 0 Å². The predicted molar refractivity (Wildman–Crippen MR) is 75.4 cm³/mol. The minimum atomic E-state index is 0.0707. The Morgan fingerprint density at radius 3 is 2.41 bits per heavy atom. The summed E-state index contributed by atoms with van der Waals surface area (Å²) in [7, 11) is 0. The van der Waals surface area contributed by atoms with Gasteiger partial charge in [-0.2, -0.15) is 0 Å². The second-order valence-electron chi connectivity index (χ2n) is 4.45. The Balaban J connectivity index is 3.04. The largest absolute Gasteiger partial charge is 0.326 e. The molecule has 0 spiro atoms. The quantitative estimate of drug-likeness (QED) is 0.843. The molecule has 2 N–H and O–H groups in total. The first kappa shape index (κ1) is 14.5. The standard InChI is InChI=1S/C14H23ClN2/c1-4-10-17(5-2)14(11(3)16)12-8-6-7-9-13(12)15/h6-9,11,14H,4-5,10,16H2,1-3H3. The fourth-order valence-corrected chi connectivity index (χ4v) is 2.56. The van der Waals surface area contributed by atoms with Gasteiger partial charge >= 0.3 is 0 Å². The molecular weight excluding hydrogens is 232 g/mol. The first-order valence-electron chi connectivity index (χ1n) is 6.35. The van der Waals surface area contributed by atoms with Crippen LogP contribution in [0.25, 0.3) is 0 Å². The van der Waals surface area contributed by atoms with Crippen LogP contribution in [0.1, 0.15) is 38.8 Å². The summed E-state index contributed by atoms with van der Waals surface area (Å²) in [6, 6.07) is 8.27. The van der Waals surface area contributed by atoms with E-state index < -0.39 is 0 Å². The van der Waals surface area contributed by atoms with Crippen molar-refractivity contribution in [1.29, 1.82) is 0 Å². The average Bonchev–Trinajstić information content (AvgIpc) is 2.30. The molecule has 0 saturated carbocycles. The van der Waals surface area contributed by atoms with Crippen molar-refractivity contribution >= 4 is 11.6 Å². The first-order chi connectivity index (χ1) is 8.11. The molecule has 17 heavy (non-hydrogen) atoms. The zero-order chi connectivity index (χ0) is 12.8. The topological polar surface area (TPSA) is 29.3 Å². The predicted octanol–water partition coefficient (Wildman–Crippen LogP) is 3.46.